The summed E-state index contributed by atoms with van der Waals surface area (Å²) >= 11 is 0. The average molecular weight is 237 g/mol. The SMILES string of the molecule is Nc1ccc([N+](=O)[O-])cc1N1CC(O)CC1=O. The minimum absolute atomic E-state index is 0.0160. The Morgan fingerprint density at radius 1 is 1.53 bits per heavy atom. The molecule has 1 atom stereocenters. The largest absolute Gasteiger partial charge is 0.397 e. The molecular weight excluding hydrogens is 226 g/mol. The number of nitrogen functional groups attached to an aromatic ring is 1. The van der Waals surface area contributed by atoms with Gasteiger partial charge >= 0.3 is 0 Å². The van der Waals surface area contributed by atoms with Gasteiger partial charge in [0.2, 0.25) is 5.91 Å². The number of aliphatic hydroxyl groups is 1. The highest BCUT2D eigenvalue weighted by molar-refractivity contribution is 5.99. The van der Waals surface area contributed by atoms with Crippen molar-refractivity contribution >= 4 is 23.0 Å². The Morgan fingerprint density at radius 2 is 2.24 bits per heavy atom. The molecule has 1 saturated heterocycles. The Kier molecular flexibility index (Phi) is 2.68. The zero-order valence-electron chi connectivity index (χ0n) is 8.87. The summed E-state index contributed by atoms with van der Waals surface area (Å²) in [4.78, 5) is 22.9. The lowest BCUT2D eigenvalue weighted by Gasteiger charge is -2.17. The molecule has 7 nitrogen and oxygen atoms in total. The number of benzene rings is 1. The van der Waals surface area contributed by atoms with Gasteiger partial charge in [0.15, 0.2) is 0 Å². The Balaban J connectivity index is 2.41. The smallest absolute Gasteiger partial charge is 0.271 e. The van der Waals surface area contributed by atoms with Crippen LogP contribution in [0, 0.1) is 10.1 Å². The Morgan fingerprint density at radius 3 is 2.76 bits per heavy atom. The first kappa shape index (κ1) is 11.3. The molecule has 2 rings (SSSR count). The van der Waals surface area contributed by atoms with E-state index in [1.165, 1.54) is 23.1 Å². The maximum Gasteiger partial charge on any atom is 0.271 e. The summed E-state index contributed by atoms with van der Waals surface area (Å²) in [5.41, 5.74) is 6.10. The number of aliphatic hydroxyl groups excluding tert-OH is 1. The molecule has 1 aliphatic rings. The van der Waals surface area contributed by atoms with Crippen LogP contribution in [0.5, 0.6) is 0 Å². The summed E-state index contributed by atoms with van der Waals surface area (Å²) in [5.74, 6) is -0.287. The number of hydrogen-bond donors (Lipinski definition) is 2. The van der Waals surface area contributed by atoms with E-state index in [0.717, 1.165) is 0 Å². The second-order valence-electron chi connectivity index (χ2n) is 3.86. The number of β-amino-alcohol motifs (C(OH)–C–C–N with tert-alkyl or cyclic N) is 1. The summed E-state index contributed by atoms with van der Waals surface area (Å²) in [6.07, 6.45) is -0.733. The lowest BCUT2D eigenvalue weighted by Crippen LogP contribution is -2.26. The van der Waals surface area contributed by atoms with Gasteiger partial charge in [-0.1, -0.05) is 0 Å². The molecule has 1 amide bonds. The van der Waals surface area contributed by atoms with Crippen LogP contribution >= 0.6 is 0 Å². The van der Waals surface area contributed by atoms with E-state index in [2.05, 4.69) is 0 Å². The quantitative estimate of drug-likeness (QED) is 0.436. The van der Waals surface area contributed by atoms with Crippen LogP contribution in [0.3, 0.4) is 0 Å². The predicted molar refractivity (Wildman–Crippen MR) is 60.5 cm³/mol. The second-order valence-corrected chi connectivity index (χ2v) is 3.86. The summed E-state index contributed by atoms with van der Waals surface area (Å²) in [7, 11) is 0. The number of hydrogen-bond acceptors (Lipinski definition) is 5. The third-order valence-electron chi connectivity index (χ3n) is 2.62. The number of nitro groups is 1. The Labute approximate surface area is 96.6 Å². The molecule has 0 radical (unpaired) electrons. The summed E-state index contributed by atoms with van der Waals surface area (Å²) in [6.45, 7) is 0.115. The molecule has 1 aromatic carbocycles. The number of carbonyl (C=O) groups is 1. The van der Waals surface area contributed by atoms with Crippen molar-refractivity contribution in [2.75, 3.05) is 17.2 Å². The molecule has 0 spiro atoms. The van der Waals surface area contributed by atoms with Crippen LogP contribution in [0.25, 0.3) is 0 Å². The van der Waals surface area contributed by atoms with E-state index < -0.39 is 11.0 Å². The van der Waals surface area contributed by atoms with E-state index in [1.807, 2.05) is 0 Å². The van der Waals surface area contributed by atoms with Crippen molar-refractivity contribution in [1.82, 2.24) is 0 Å². The zero-order chi connectivity index (χ0) is 12.6. The molecule has 17 heavy (non-hydrogen) atoms. The molecule has 1 heterocycles. The third kappa shape index (κ3) is 2.04. The van der Waals surface area contributed by atoms with E-state index in [9.17, 15) is 20.0 Å². The van der Waals surface area contributed by atoms with Crippen LogP contribution in [0.1, 0.15) is 6.42 Å². The highest BCUT2D eigenvalue weighted by Gasteiger charge is 2.31. The van der Waals surface area contributed by atoms with Crippen molar-refractivity contribution in [2.45, 2.75) is 12.5 Å². The van der Waals surface area contributed by atoms with Crippen molar-refractivity contribution in [3.05, 3.63) is 28.3 Å². The standard InChI is InChI=1S/C10H11N3O4/c11-8-2-1-6(13(16)17)3-9(8)12-5-7(14)4-10(12)15/h1-3,7,14H,4-5,11H2. The molecule has 1 unspecified atom stereocenters. The van der Waals surface area contributed by atoms with E-state index in [-0.39, 0.29) is 35.9 Å². The highest BCUT2D eigenvalue weighted by Crippen LogP contribution is 2.31. The highest BCUT2D eigenvalue weighted by atomic mass is 16.6. The molecule has 3 N–H and O–H groups in total. The minimum Gasteiger partial charge on any atom is -0.397 e. The van der Waals surface area contributed by atoms with Crippen LogP contribution in [-0.4, -0.2) is 28.6 Å². The average Bonchev–Trinajstić information content (AvgIpc) is 2.58. The van der Waals surface area contributed by atoms with Gasteiger partial charge < -0.3 is 15.7 Å². The van der Waals surface area contributed by atoms with Crippen molar-refractivity contribution in [1.29, 1.82) is 0 Å². The van der Waals surface area contributed by atoms with Gasteiger partial charge in [0.05, 0.1) is 35.4 Å². The van der Waals surface area contributed by atoms with Gasteiger partial charge in [-0.2, -0.15) is 0 Å². The number of rotatable bonds is 2. The number of nitrogens with zero attached hydrogens (tertiary/aromatic N) is 2. The predicted octanol–water partition coefficient (Wildman–Crippen LogP) is 0.275. The number of carbonyl (C=O) groups excluding carboxylic acids is 1. The van der Waals surface area contributed by atoms with Crippen molar-refractivity contribution in [2.24, 2.45) is 0 Å². The second kappa shape index (κ2) is 4.02. The molecule has 7 heteroatoms. The van der Waals surface area contributed by atoms with Crippen molar-refractivity contribution in [3.63, 3.8) is 0 Å². The summed E-state index contributed by atoms with van der Waals surface area (Å²) in [6, 6.07) is 3.90. The molecule has 1 aromatic rings. The number of anilines is 2. The summed E-state index contributed by atoms with van der Waals surface area (Å²) < 4.78 is 0. The van der Waals surface area contributed by atoms with Gasteiger partial charge in [-0.3, -0.25) is 14.9 Å². The number of amides is 1. The fraction of sp³-hybridized carbons (Fsp3) is 0.300. The molecule has 0 aliphatic carbocycles. The lowest BCUT2D eigenvalue weighted by atomic mass is 10.2. The Bertz CT molecular complexity index is 488. The van der Waals surface area contributed by atoms with Crippen molar-refractivity contribution in [3.8, 4) is 0 Å². The monoisotopic (exact) mass is 237 g/mol. The normalized spacial score (nSPS) is 19.7. The van der Waals surface area contributed by atoms with Gasteiger partial charge in [-0.25, -0.2) is 0 Å². The molecule has 1 aliphatic heterocycles. The van der Waals surface area contributed by atoms with Crippen LogP contribution in [-0.2, 0) is 4.79 Å². The van der Waals surface area contributed by atoms with Gasteiger partial charge in [0.25, 0.3) is 5.69 Å². The molecule has 0 saturated carbocycles. The summed E-state index contributed by atoms with van der Waals surface area (Å²) in [5, 5.41) is 20.0. The fourth-order valence-electron chi connectivity index (χ4n) is 1.80. The third-order valence-corrected chi connectivity index (χ3v) is 2.62. The van der Waals surface area contributed by atoms with Gasteiger partial charge in [-0.15, -0.1) is 0 Å². The van der Waals surface area contributed by atoms with Crippen LogP contribution in [0.4, 0.5) is 17.1 Å². The van der Waals surface area contributed by atoms with Crippen LogP contribution in [0.2, 0.25) is 0 Å². The topological polar surface area (TPSA) is 110 Å². The molecular formula is C10H11N3O4. The van der Waals surface area contributed by atoms with Gasteiger partial charge in [-0.05, 0) is 6.07 Å². The first-order valence-electron chi connectivity index (χ1n) is 5.01. The maximum absolute atomic E-state index is 11.6. The van der Waals surface area contributed by atoms with Crippen LogP contribution in [0.15, 0.2) is 18.2 Å². The van der Waals surface area contributed by atoms with E-state index >= 15 is 0 Å². The van der Waals surface area contributed by atoms with E-state index in [0.29, 0.717) is 0 Å². The number of nitrogens with two attached hydrogens (primary N) is 1. The zero-order valence-corrected chi connectivity index (χ0v) is 8.87. The lowest BCUT2D eigenvalue weighted by molar-refractivity contribution is -0.384. The first-order valence-corrected chi connectivity index (χ1v) is 5.01. The van der Waals surface area contributed by atoms with Gasteiger partial charge in [0, 0.05) is 12.1 Å². The fourth-order valence-corrected chi connectivity index (χ4v) is 1.80. The van der Waals surface area contributed by atoms with E-state index in [4.69, 9.17) is 5.73 Å². The first-order chi connectivity index (χ1) is 7.99. The van der Waals surface area contributed by atoms with E-state index in [1.54, 1.807) is 0 Å². The number of nitro benzene ring substituents is 1. The molecule has 0 aromatic heterocycles. The maximum atomic E-state index is 11.6. The molecule has 90 valence electrons. The molecule has 0 bridgehead atoms. The van der Waals surface area contributed by atoms with Gasteiger partial charge in [0.1, 0.15) is 0 Å². The minimum atomic E-state index is -0.749. The Hall–Kier alpha value is -2.15. The molecule has 1 fully saturated rings. The number of non-ortho nitro benzene ring substituents is 1. The van der Waals surface area contributed by atoms with Crippen LogP contribution < -0.4 is 10.6 Å². The van der Waals surface area contributed by atoms with Crippen molar-refractivity contribution < 1.29 is 14.8 Å².